The lowest BCUT2D eigenvalue weighted by molar-refractivity contribution is 0.00753. The molecule has 0 spiro atoms. The minimum atomic E-state index is -1.84. The van der Waals surface area contributed by atoms with Gasteiger partial charge in [-0.25, -0.2) is 0 Å². The van der Waals surface area contributed by atoms with E-state index >= 15 is 0 Å². The topological polar surface area (TPSA) is 18.5 Å². The van der Waals surface area contributed by atoms with Crippen molar-refractivity contribution in [2.75, 3.05) is 0 Å². The molecule has 2 atom stereocenters. The van der Waals surface area contributed by atoms with Gasteiger partial charge in [0.05, 0.1) is 11.8 Å². The Morgan fingerprint density at radius 1 is 1.05 bits per heavy atom. The summed E-state index contributed by atoms with van der Waals surface area (Å²) < 4.78 is 12.8. The highest BCUT2D eigenvalue weighted by atomic mass is 28.4. The van der Waals surface area contributed by atoms with Crippen LogP contribution in [0.4, 0.5) is 0 Å². The fraction of sp³-hybridized carbons (Fsp3) is 0.867. The minimum absolute atomic E-state index is 0.224. The van der Waals surface area contributed by atoms with Gasteiger partial charge in [-0.2, -0.15) is 0 Å². The second-order valence-corrected chi connectivity index (χ2v) is 16.4. The first-order valence-corrected chi connectivity index (χ1v) is 13.7. The number of hydrogen-bond acceptors (Lipinski definition) is 2. The molecule has 0 N–H and O–H groups in total. The molecule has 0 aromatic rings. The maximum Gasteiger partial charge on any atom is 0.202 e. The molecule has 0 saturated carbocycles. The van der Waals surface area contributed by atoms with E-state index in [-0.39, 0.29) is 11.8 Å². The summed E-state index contributed by atoms with van der Waals surface area (Å²) in [5.74, 6) is 0.491. The number of rotatable bonds is 8. The van der Waals surface area contributed by atoms with Crippen molar-refractivity contribution >= 4 is 16.6 Å². The Morgan fingerprint density at radius 3 is 1.84 bits per heavy atom. The highest BCUT2D eigenvalue weighted by Gasteiger charge is 2.40. The summed E-state index contributed by atoms with van der Waals surface area (Å²) in [7, 11) is -3.36. The summed E-state index contributed by atoms with van der Waals surface area (Å²) in [5, 5.41) is 0. The van der Waals surface area contributed by atoms with Crippen molar-refractivity contribution in [3.63, 3.8) is 0 Å². The zero-order valence-electron chi connectivity index (χ0n) is 14.5. The Bertz CT molecular complexity index is 293. The van der Waals surface area contributed by atoms with Crippen LogP contribution >= 0.6 is 0 Å². The van der Waals surface area contributed by atoms with Gasteiger partial charge in [-0.3, -0.25) is 0 Å². The summed E-state index contributed by atoms with van der Waals surface area (Å²) in [6.07, 6.45) is 1.16. The predicted octanol–water partition coefficient (Wildman–Crippen LogP) is 4.98. The molecule has 0 fully saturated rings. The van der Waals surface area contributed by atoms with Crippen LogP contribution in [0.15, 0.2) is 12.2 Å². The van der Waals surface area contributed by atoms with Gasteiger partial charge in [0.2, 0.25) is 8.32 Å². The SMILES string of the molecule is C=C(C)CC(C)OC(C(C)C)[Si](C)(C)O[Si](C)(C)C. The van der Waals surface area contributed by atoms with Gasteiger partial charge in [-0.15, -0.1) is 6.58 Å². The van der Waals surface area contributed by atoms with E-state index in [2.05, 4.69) is 67.0 Å². The molecular formula is C15H34O2Si2. The molecule has 0 bridgehead atoms. The zero-order valence-corrected chi connectivity index (χ0v) is 16.5. The van der Waals surface area contributed by atoms with Crippen molar-refractivity contribution < 1.29 is 8.85 Å². The van der Waals surface area contributed by atoms with Crippen molar-refractivity contribution in [2.45, 2.75) is 78.7 Å². The van der Waals surface area contributed by atoms with Gasteiger partial charge >= 0.3 is 0 Å². The summed E-state index contributed by atoms with van der Waals surface area (Å²) in [6.45, 7) is 24.0. The average Bonchev–Trinajstić information content (AvgIpc) is 2.07. The normalized spacial score (nSPS) is 16.5. The summed E-state index contributed by atoms with van der Waals surface area (Å²) in [5.41, 5.74) is 1.43. The molecule has 0 aromatic heterocycles. The van der Waals surface area contributed by atoms with E-state index in [0.717, 1.165) is 6.42 Å². The van der Waals surface area contributed by atoms with E-state index < -0.39 is 16.6 Å². The Morgan fingerprint density at radius 2 is 1.53 bits per heavy atom. The first-order valence-electron chi connectivity index (χ1n) is 7.35. The molecule has 114 valence electrons. The lowest BCUT2D eigenvalue weighted by Gasteiger charge is -2.40. The summed E-state index contributed by atoms with van der Waals surface area (Å²) in [4.78, 5) is 0. The minimum Gasteiger partial charge on any atom is -0.454 e. The second-order valence-electron chi connectivity index (χ2n) is 7.59. The van der Waals surface area contributed by atoms with Crippen LogP contribution in [-0.2, 0) is 8.85 Å². The molecule has 0 amide bonds. The molecule has 0 aromatic carbocycles. The number of hydrogen-bond donors (Lipinski definition) is 0. The van der Waals surface area contributed by atoms with Crippen molar-refractivity contribution in [2.24, 2.45) is 5.92 Å². The Hall–Kier alpha value is 0.0938. The Balaban J connectivity index is 4.85. The van der Waals surface area contributed by atoms with Crippen LogP contribution in [0, 0.1) is 5.92 Å². The molecule has 0 aliphatic heterocycles. The Kier molecular flexibility index (Phi) is 7.24. The molecule has 19 heavy (non-hydrogen) atoms. The largest absolute Gasteiger partial charge is 0.454 e. The standard InChI is InChI=1S/C15H34O2Si2/c1-12(2)11-14(5)16-15(13(3)4)19(9,10)17-18(6,7)8/h13-15H,1,11H2,2-10H3. The predicted molar refractivity (Wildman–Crippen MR) is 90.5 cm³/mol. The zero-order chi connectivity index (χ0) is 15.4. The van der Waals surface area contributed by atoms with Gasteiger partial charge < -0.3 is 8.85 Å². The third-order valence-corrected chi connectivity index (χ3v) is 9.60. The van der Waals surface area contributed by atoms with Gasteiger partial charge in [0, 0.05) is 0 Å². The third-order valence-electron chi connectivity index (χ3n) is 2.87. The molecule has 2 unspecified atom stereocenters. The van der Waals surface area contributed by atoms with Gasteiger partial charge in [0.25, 0.3) is 0 Å². The van der Waals surface area contributed by atoms with Crippen LogP contribution in [0.5, 0.6) is 0 Å². The molecule has 0 rings (SSSR count). The summed E-state index contributed by atoms with van der Waals surface area (Å²) >= 11 is 0. The van der Waals surface area contributed by atoms with Gasteiger partial charge in [0.15, 0.2) is 8.32 Å². The molecule has 0 heterocycles. The maximum absolute atomic E-state index is 6.48. The van der Waals surface area contributed by atoms with Crippen molar-refractivity contribution in [3.8, 4) is 0 Å². The van der Waals surface area contributed by atoms with E-state index in [1.54, 1.807) is 0 Å². The summed E-state index contributed by atoms with van der Waals surface area (Å²) in [6, 6.07) is 0. The highest BCUT2D eigenvalue weighted by Crippen LogP contribution is 2.26. The van der Waals surface area contributed by atoms with E-state index in [1.165, 1.54) is 5.57 Å². The van der Waals surface area contributed by atoms with Crippen LogP contribution < -0.4 is 0 Å². The van der Waals surface area contributed by atoms with E-state index in [0.29, 0.717) is 5.92 Å². The van der Waals surface area contributed by atoms with E-state index in [9.17, 15) is 0 Å². The highest BCUT2D eigenvalue weighted by molar-refractivity contribution is 6.84. The smallest absolute Gasteiger partial charge is 0.202 e. The van der Waals surface area contributed by atoms with Crippen LogP contribution in [0.3, 0.4) is 0 Å². The lowest BCUT2D eigenvalue weighted by Crippen LogP contribution is -2.55. The molecule has 0 aliphatic carbocycles. The molecule has 0 saturated heterocycles. The fourth-order valence-corrected chi connectivity index (χ4v) is 11.7. The quantitative estimate of drug-likeness (QED) is 0.465. The Labute approximate surface area is 122 Å². The number of ether oxygens (including phenoxy) is 1. The van der Waals surface area contributed by atoms with E-state index in [1.807, 2.05) is 0 Å². The average molecular weight is 303 g/mol. The second kappa shape index (κ2) is 7.20. The molecule has 0 aliphatic rings. The van der Waals surface area contributed by atoms with Gasteiger partial charge in [-0.1, -0.05) is 19.4 Å². The fourth-order valence-electron chi connectivity index (χ4n) is 2.76. The van der Waals surface area contributed by atoms with Crippen molar-refractivity contribution in [1.29, 1.82) is 0 Å². The molecule has 2 nitrogen and oxygen atoms in total. The van der Waals surface area contributed by atoms with Gasteiger partial charge in [0.1, 0.15) is 0 Å². The lowest BCUT2D eigenvalue weighted by atomic mass is 10.1. The monoisotopic (exact) mass is 302 g/mol. The third kappa shape index (κ3) is 8.07. The van der Waals surface area contributed by atoms with Crippen LogP contribution in [0.2, 0.25) is 32.7 Å². The first-order chi connectivity index (χ1) is 8.35. The molecule has 4 heteroatoms. The van der Waals surface area contributed by atoms with Gasteiger partial charge in [-0.05, 0) is 58.9 Å². The van der Waals surface area contributed by atoms with Crippen LogP contribution in [-0.4, -0.2) is 28.5 Å². The van der Waals surface area contributed by atoms with Crippen LogP contribution in [0.25, 0.3) is 0 Å². The van der Waals surface area contributed by atoms with Crippen molar-refractivity contribution in [1.82, 2.24) is 0 Å². The maximum atomic E-state index is 6.48. The first kappa shape index (κ1) is 19.1. The van der Waals surface area contributed by atoms with Crippen LogP contribution in [0.1, 0.15) is 34.1 Å². The molecular weight excluding hydrogens is 268 g/mol. The van der Waals surface area contributed by atoms with E-state index in [4.69, 9.17) is 8.85 Å². The molecule has 0 radical (unpaired) electrons. The van der Waals surface area contributed by atoms with Crippen molar-refractivity contribution in [3.05, 3.63) is 12.2 Å².